The van der Waals surface area contributed by atoms with Gasteiger partial charge < -0.3 is 0 Å². The fraction of sp³-hybridized carbons (Fsp3) is 0.375. The smallest absolute Gasteiger partial charge is 0.274 e. The van der Waals surface area contributed by atoms with Gasteiger partial charge in [0.25, 0.3) is 5.91 Å². The average Bonchev–Trinajstić information content (AvgIpc) is 2.42. The van der Waals surface area contributed by atoms with Crippen LogP contribution in [0.3, 0.4) is 0 Å². The largest absolute Gasteiger partial charge is 0.278 e. The third-order valence-corrected chi connectivity index (χ3v) is 3.23. The summed E-state index contributed by atoms with van der Waals surface area (Å²) < 4.78 is 0.956. The average molecular weight is 264 g/mol. The van der Waals surface area contributed by atoms with Gasteiger partial charge in [0.2, 0.25) is 0 Å². The molecule has 1 aromatic heterocycles. The lowest BCUT2D eigenvalue weighted by Gasteiger charge is -2.12. The third-order valence-electron chi connectivity index (χ3n) is 1.68. The number of carbonyl (C=O) groups excluding carboxylic acids is 1. The molecule has 0 saturated carbocycles. The zero-order chi connectivity index (χ0) is 10.0. The van der Waals surface area contributed by atoms with Gasteiger partial charge in [-0.15, -0.1) is 11.3 Å². The molecule has 0 aromatic carbocycles. The summed E-state index contributed by atoms with van der Waals surface area (Å²) in [4.78, 5) is 17.4. The summed E-state index contributed by atoms with van der Waals surface area (Å²) in [5.74, 6) is -0.123. The first kappa shape index (κ1) is 10.7. The summed E-state index contributed by atoms with van der Waals surface area (Å²) in [7, 11) is 3.06. The minimum absolute atomic E-state index is 0.123. The van der Waals surface area contributed by atoms with E-state index in [0.29, 0.717) is 5.56 Å². The van der Waals surface area contributed by atoms with Gasteiger partial charge in [0.15, 0.2) is 0 Å². The number of nitrogens with zero attached hydrogens (tertiary/aromatic N) is 1. The first-order chi connectivity index (χ1) is 6.06. The van der Waals surface area contributed by atoms with Crippen LogP contribution in [0.2, 0.25) is 0 Å². The molecule has 0 unspecified atom stereocenters. The maximum atomic E-state index is 11.6. The lowest BCUT2D eigenvalue weighted by Crippen LogP contribution is -2.25. The highest BCUT2D eigenvalue weighted by Crippen LogP contribution is 2.26. The first-order valence-electron chi connectivity index (χ1n) is 3.64. The van der Waals surface area contributed by atoms with Gasteiger partial charge in [0.05, 0.1) is 16.5 Å². The van der Waals surface area contributed by atoms with Crippen LogP contribution in [0.15, 0.2) is 9.85 Å². The summed E-state index contributed by atoms with van der Waals surface area (Å²) in [6.07, 6.45) is 0. The SMILES string of the molecule is CON(C)C(=O)c1cc(Br)sc1C. The molecule has 0 bridgehead atoms. The quantitative estimate of drug-likeness (QED) is 0.768. The van der Waals surface area contributed by atoms with Crippen LogP contribution < -0.4 is 0 Å². The van der Waals surface area contributed by atoms with Crippen molar-refractivity contribution in [3.8, 4) is 0 Å². The predicted octanol–water partition coefficient (Wildman–Crippen LogP) is 2.45. The van der Waals surface area contributed by atoms with Gasteiger partial charge in [-0.25, -0.2) is 5.06 Å². The summed E-state index contributed by atoms with van der Waals surface area (Å²) in [5, 5.41) is 1.21. The molecule has 0 N–H and O–H groups in total. The predicted molar refractivity (Wildman–Crippen MR) is 55.9 cm³/mol. The molecule has 72 valence electrons. The maximum Gasteiger partial charge on any atom is 0.278 e. The van der Waals surface area contributed by atoms with E-state index in [2.05, 4.69) is 15.9 Å². The second kappa shape index (κ2) is 4.21. The maximum absolute atomic E-state index is 11.6. The fourth-order valence-corrected chi connectivity index (χ4v) is 2.59. The third kappa shape index (κ3) is 2.30. The zero-order valence-electron chi connectivity index (χ0n) is 7.63. The van der Waals surface area contributed by atoms with Crippen molar-refractivity contribution in [3.05, 3.63) is 20.3 Å². The van der Waals surface area contributed by atoms with E-state index in [1.165, 1.54) is 23.5 Å². The Labute approximate surface area is 89.4 Å². The van der Waals surface area contributed by atoms with Crippen LogP contribution in [0.4, 0.5) is 0 Å². The van der Waals surface area contributed by atoms with E-state index in [4.69, 9.17) is 4.84 Å². The van der Waals surface area contributed by atoms with Gasteiger partial charge in [0, 0.05) is 11.9 Å². The molecule has 13 heavy (non-hydrogen) atoms. The molecule has 1 amide bonds. The highest BCUT2D eigenvalue weighted by atomic mass is 79.9. The second-order valence-corrected chi connectivity index (χ2v) is 5.14. The van der Waals surface area contributed by atoms with E-state index in [1.807, 2.05) is 6.92 Å². The molecule has 0 saturated heterocycles. The number of thiophene rings is 1. The van der Waals surface area contributed by atoms with E-state index in [1.54, 1.807) is 13.1 Å². The van der Waals surface area contributed by atoms with Crippen molar-refractivity contribution in [2.75, 3.05) is 14.2 Å². The number of carbonyl (C=O) groups is 1. The van der Waals surface area contributed by atoms with E-state index in [9.17, 15) is 4.79 Å². The van der Waals surface area contributed by atoms with Gasteiger partial charge in [-0.3, -0.25) is 9.63 Å². The Morgan fingerprint density at radius 3 is 2.69 bits per heavy atom. The Balaban J connectivity index is 2.94. The Kier molecular flexibility index (Phi) is 3.47. The number of hydrogen-bond acceptors (Lipinski definition) is 3. The molecular weight excluding hydrogens is 254 g/mol. The normalized spacial score (nSPS) is 10.2. The van der Waals surface area contributed by atoms with Crippen LogP contribution in [0.25, 0.3) is 0 Å². The molecule has 0 atom stereocenters. The fourth-order valence-electron chi connectivity index (χ4n) is 0.911. The number of hydrogen-bond donors (Lipinski definition) is 0. The Bertz CT molecular complexity index is 324. The number of amides is 1. The minimum atomic E-state index is -0.123. The standard InChI is InChI=1S/C8H10BrNO2S/c1-5-6(4-7(9)13-5)8(11)10(2)12-3/h4H,1-3H3. The van der Waals surface area contributed by atoms with E-state index in [-0.39, 0.29) is 5.91 Å². The highest BCUT2D eigenvalue weighted by Gasteiger charge is 2.16. The van der Waals surface area contributed by atoms with Gasteiger partial charge in [-0.05, 0) is 28.9 Å². The molecule has 0 aliphatic heterocycles. The number of aryl methyl sites for hydroxylation is 1. The first-order valence-corrected chi connectivity index (χ1v) is 5.25. The molecule has 1 rings (SSSR count). The summed E-state index contributed by atoms with van der Waals surface area (Å²) in [6, 6.07) is 1.80. The number of hydroxylamine groups is 2. The molecule has 1 heterocycles. The van der Waals surface area contributed by atoms with Crippen LogP contribution in [-0.4, -0.2) is 25.1 Å². The summed E-state index contributed by atoms with van der Waals surface area (Å²) in [5.41, 5.74) is 0.682. The lowest BCUT2D eigenvalue weighted by molar-refractivity contribution is -0.0757. The molecule has 5 heteroatoms. The Morgan fingerprint density at radius 1 is 1.69 bits per heavy atom. The van der Waals surface area contributed by atoms with Crippen LogP contribution in [-0.2, 0) is 4.84 Å². The van der Waals surface area contributed by atoms with Gasteiger partial charge >= 0.3 is 0 Å². The molecule has 0 fully saturated rings. The van der Waals surface area contributed by atoms with Crippen molar-refractivity contribution >= 4 is 33.2 Å². The van der Waals surface area contributed by atoms with Crippen LogP contribution in [0, 0.1) is 6.92 Å². The number of rotatable bonds is 2. The lowest BCUT2D eigenvalue weighted by atomic mass is 10.2. The van der Waals surface area contributed by atoms with Crippen molar-refractivity contribution in [2.24, 2.45) is 0 Å². The molecule has 0 aliphatic rings. The Hall–Kier alpha value is -0.390. The number of halogens is 1. The van der Waals surface area contributed by atoms with Crippen molar-refractivity contribution in [1.29, 1.82) is 0 Å². The molecule has 3 nitrogen and oxygen atoms in total. The topological polar surface area (TPSA) is 29.5 Å². The molecule has 0 spiro atoms. The summed E-state index contributed by atoms with van der Waals surface area (Å²) in [6.45, 7) is 1.91. The van der Waals surface area contributed by atoms with Crippen molar-refractivity contribution in [1.82, 2.24) is 5.06 Å². The molecular formula is C8H10BrNO2S. The van der Waals surface area contributed by atoms with Gasteiger partial charge in [0.1, 0.15) is 0 Å². The monoisotopic (exact) mass is 263 g/mol. The highest BCUT2D eigenvalue weighted by molar-refractivity contribution is 9.11. The van der Waals surface area contributed by atoms with Crippen molar-refractivity contribution < 1.29 is 9.63 Å². The molecule has 0 aliphatic carbocycles. The van der Waals surface area contributed by atoms with Crippen LogP contribution in [0.5, 0.6) is 0 Å². The minimum Gasteiger partial charge on any atom is -0.274 e. The van der Waals surface area contributed by atoms with Crippen molar-refractivity contribution in [2.45, 2.75) is 6.92 Å². The van der Waals surface area contributed by atoms with Gasteiger partial charge in [-0.1, -0.05) is 0 Å². The van der Waals surface area contributed by atoms with Gasteiger partial charge in [-0.2, -0.15) is 0 Å². The van der Waals surface area contributed by atoms with Crippen LogP contribution >= 0.6 is 27.3 Å². The van der Waals surface area contributed by atoms with Crippen LogP contribution in [0.1, 0.15) is 15.2 Å². The van der Waals surface area contributed by atoms with Crippen molar-refractivity contribution in [3.63, 3.8) is 0 Å². The molecule has 1 aromatic rings. The summed E-state index contributed by atoms with van der Waals surface area (Å²) >= 11 is 4.87. The molecule has 0 radical (unpaired) electrons. The van der Waals surface area contributed by atoms with E-state index in [0.717, 1.165) is 8.66 Å². The van der Waals surface area contributed by atoms with E-state index >= 15 is 0 Å². The Morgan fingerprint density at radius 2 is 2.31 bits per heavy atom. The van der Waals surface area contributed by atoms with E-state index < -0.39 is 0 Å². The zero-order valence-corrected chi connectivity index (χ0v) is 10.0. The second-order valence-electron chi connectivity index (χ2n) is 2.51.